The van der Waals surface area contributed by atoms with Crippen molar-refractivity contribution in [2.24, 2.45) is 0 Å². The molecule has 5 nitrogen and oxygen atoms in total. The number of methoxy groups -OCH3 is 1. The van der Waals surface area contributed by atoms with Crippen LogP contribution in [0.4, 0.5) is 10.1 Å². The van der Waals surface area contributed by atoms with Gasteiger partial charge in [0.05, 0.1) is 5.60 Å². The summed E-state index contributed by atoms with van der Waals surface area (Å²) < 4.78 is 25.7. The maximum atomic E-state index is 14.4. The van der Waals surface area contributed by atoms with Crippen molar-refractivity contribution in [1.29, 1.82) is 0 Å². The summed E-state index contributed by atoms with van der Waals surface area (Å²) in [5.74, 6) is -1.39. The Hall–Kier alpha value is -1.09. The van der Waals surface area contributed by atoms with Crippen LogP contribution in [0.5, 0.6) is 0 Å². The van der Waals surface area contributed by atoms with E-state index in [4.69, 9.17) is 9.47 Å². The van der Waals surface area contributed by atoms with Crippen LogP contribution in [0, 0.1) is 5.82 Å². The molecule has 1 aliphatic heterocycles. The zero-order valence-electron chi connectivity index (χ0n) is 17.6. The van der Waals surface area contributed by atoms with Gasteiger partial charge in [-0.3, -0.25) is 0 Å². The number of ether oxygens (including phenoxy) is 2. The van der Waals surface area contributed by atoms with Crippen LogP contribution in [0.2, 0.25) is 0 Å². The van der Waals surface area contributed by atoms with Crippen LogP contribution in [0.15, 0.2) is 46.2 Å². The molecule has 30 heavy (non-hydrogen) atoms. The SMILES string of the molecule is CNc1ccc(Sc2cc(F)cc(C3(OC)CCOCC3)c2)cc1CCC(=O)[O-].[Na+]. The van der Waals surface area contributed by atoms with E-state index in [9.17, 15) is 14.3 Å². The minimum atomic E-state index is -1.08. The Labute approximate surface area is 203 Å². The molecule has 0 amide bonds. The zero-order valence-corrected chi connectivity index (χ0v) is 20.4. The Bertz CT molecular complexity index is 874. The standard InChI is InChI=1S/C22H26FNO4S.Na/c1-24-20-5-4-18(11-15(20)3-6-21(25)26)29-19-13-16(12-17(23)14-19)22(27-2)7-9-28-10-8-22;/h4-5,11-14,24H,3,6-10H2,1-2H3,(H,25,26);/q;+1/p-1. The largest absolute Gasteiger partial charge is 1.00 e. The van der Waals surface area contributed by atoms with Crippen LogP contribution < -0.4 is 40.0 Å². The molecule has 3 rings (SSSR count). The Kier molecular flexibility index (Phi) is 9.66. The molecule has 8 heteroatoms. The summed E-state index contributed by atoms with van der Waals surface area (Å²) in [6.07, 6.45) is 1.68. The number of halogens is 1. The molecule has 0 bridgehead atoms. The van der Waals surface area contributed by atoms with Gasteiger partial charge in [0.2, 0.25) is 0 Å². The third kappa shape index (κ3) is 6.22. The van der Waals surface area contributed by atoms with Crippen LogP contribution in [-0.2, 0) is 26.3 Å². The van der Waals surface area contributed by atoms with Gasteiger partial charge in [-0.1, -0.05) is 11.8 Å². The number of carbonyl (C=O) groups is 1. The number of carbonyl (C=O) groups excluding carboxylic acids is 1. The van der Waals surface area contributed by atoms with E-state index in [-0.39, 0.29) is 41.8 Å². The number of benzene rings is 2. The molecular weight excluding hydrogens is 416 g/mol. The molecule has 0 saturated carbocycles. The quantitative estimate of drug-likeness (QED) is 0.597. The number of nitrogens with one attached hydrogen (secondary N) is 1. The topological polar surface area (TPSA) is 70.6 Å². The Morgan fingerprint density at radius 2 is 1.97 bits per heavy atom. The Morgan fingerprint density at radius 1 is 1.23 bits per heavy atom. The molecule has 0 atom stereocenters. The number of rotatable bonds is 8. The molecule has 2 aromatic carbocycles. The molecule has 0 aliphatic carbocycles. The Balaban J connectivity index is 0.00000320. The zero-order chi connectivity index (χ0) is 20.9. The van der Waals surface area contributed by atoms with Crippen molar-refractivity contribution in [2.75, 3.05) is 32.7 Å². The third-order valence-electron chi connectivity index (χ3n) is 5.27. The maximum Gasteiger partial charge on any atom is 1.00 e. The first-order chi connectivity index (χ1) is 14.0. The molecule has 1 aliphatic rings. The second-order valence-electron chi connectivity index (χ2n) is 7.03. The van der Waals surface area contributed by atoms with Crippen LogP contribution in [0.1, 0.15) is 30.4 Å². The predicted molar refractivity (Wildman–Crippen MR) is 109 cm³/mol. The average Bonchev–Trinajstić information content (AvgIpc) is 2.72. The summed E-state index contributed by atoms with van der Waals surface area (Å²) in [5, 5.41) is 13.9. The van der Waals surface area contributed by atoms with E-state index in [0.29, 0.717) is 32.5 Å². The van der Waals surface area contributed by atoms with Gasteiger partial charge in [-0.2, -0.15) is 0 Å². The fraction of sp³-hybridized carbons (Fsp3) is 0.409. The average molecular weight is 442 g/mol. The van der Waals surface area contributed by atoms with Gasteiger partial charge in [0.1, 0.15) is 5.82 Å². The fourth-order valence-electron chi connectivity index (χ4n) is 3.65. The van der Waals surface area contributed by atoms with E-state index in [1.807, 2.05) is 24.3 Å². The number of hydrogen-bond acceptors (Lipinski definition) is 6. The van der Waals surface area contributed by atoms with Crippen molar-refractivity contribution in [2.45, 2.75) is 41.1 Å². The second kappa shape index (κ2) is 11.5. The number of carboxylic acid groups (broad SMARTS) is 1. The first kappa shape index (κ1) is 25.2. The van der Waals surface area contributed by atoms with Crippen molar-refractivity contribution in [3.05, 3.63) is 53.3 Å². The van der Waals surface area contributed by atoms with Gasteiger partial charge >= 0.3 is 29.6 Å². The van der Waals surface area contributed by atoms with Crippen molar-refractivity contribution in [3.63, 3.8) is 0 Å². The summed E-state index contributed by atoms with van der Waals surface area (Å²) in [6, 6.07) is 10.8. The summed E-state index contributed by atoms with van der Waals surface area (Å²) in [4.78, 5) is 12.5. The van der Waals surface area contributed by atoms with Gasteiger partial charge in [0.25, 0.3) is 0 Å². The maximum absolute atomic E-state index is 14.4. The molecule has 156 valence electrons. The Morgan fingerprint density at radius 3 is 2.60 bits per heavy atom. The first-order valence-corrected chi connectivity index (χ1v) is 10.4. The number of anilines is 1. The molecule has 1 heterocycles. The van der Waals surface area contributed by atoms with Gasteiger partial charge in [-0.05, 0) is 60.4 Å². The van der Waals surface area contributed by atoms with E-state index >= 15 is 0 Å². The van der Waals surface area contributed by atoms with E-state index in [1.165, 1.54) is 23.9 Å². The smallest absolute Gasteiger partial charge is 0.550 e. The van der Waals surface area contributed by atoms with Crippen molar-refractivity contribution in [1.82, 2.24) is 0 Å². The van der Waals surface area contributed by atoms with Crippen LogP contribution in [0.3, 0.4) is 0 Å². The van der Waals surface area contributed by atoms with Gasteiger partial charge in [-0.15, -0.1) is 0 Å². The third-order valence-corrected chi connectivity index (χ3v) is 6.23. The summed E-state index contributed by atoms with van der Waals surface area (Å²) in [5.41, 5.74) is 2.03. The summed E-state index contributed by atoms with van der Waals surface area (Å²) in [6.45, 7) is 1.17. The molecular formula is C22H25FNNaO4S. The first-order valence-electron chi connectivity index (χ1n) is 9.58. The monoisotopic (exact) mass is 441 g/mol. The van der Waals surface area contributed by atoms with Crippen LogP contribution in [-0.4, -0.2) is 33.3 Å². The van der Waals surface area contributed by atoms with E-state index in [0.717, 1.165) is 26.6 Å². The molecule has 0 radical (unpaired) electrons. The summed E-state index contributed by atoms with van der Waals surface area (Å²) >= 11 is 1.44. The predicted octanol–water partition coefficient (Wildman–Crippen LogP) is 0.357. The molecule has 1 N–H and O–H groups in total. The van der Waals surface area contributed by atoms with Crippen molar-refractivity contribution >= 4 is 23.4 Å². The van der Waals surface area contributed by atoms with Gasteiger partial charge < -0.3 is 24.7 Å². The van der Waals surface area contributed by atoms with Crippen LogP contribution >= 0.6 is 11.8 Å². The molecule has 1 saturated heterocycles. The van der Waals surface area contributed by atoms with E-state index in [1.54, 1.807) is 14.2 Å². The van der Waals surface area contributed by atoms with Crippen molar-refractivity contribution < 1.29 is 53.3 Å². The fourth-order valence-corrected chi connectivity index (χ4v) is 4.62. The van der Waals surface area contributed by atoms with E-state index < -0.39 is 11.6 Å². The molecule has 1 fully saturated rings. The normalized spacial score (nSPS) is 15.3. The van der Waals surface area contributed by atoms with Gasteiger partial charge in [0, 0.05) is 61.7 Å². The van der Waals surface area contributed by atoms with E-state index in [2.05, 4.69) is 5.32 Å². The van der Waals surface area contributed by atoms with Crippen LogP contribution in [0.25, 0.3) is 0 Å². The summed E-state index contributed by atoms with van der Waals surface area (Å²) in [7, 11) is 3.45. The molecule has 0 spiro atoms. The number of carboxylic acids is 1. The molecule has 0 unspecified atom stereocenters. The molecule has 0 aromatic heterocycles. The van der Waals surface area contributed by atoms with Gasteiger partial charge in [0.15, 0.2) is 0 Å². The number of hydrogen-bond donors (Lipinski definition) is 1. The number of aryl methyl sites for hydroxylation is 1. The molecule has 2 aromatic rings. The minimum absolute atomic E-state index is 0. The van der Waals surface area contributed by atoms with Gasteiger partial charge in [-0.25, -0.2) is 4.39 Å². The second-order valence-corrected chi connectivity index (χ2v) is 8.18. The number of aliphatic carboxylic acids is 1. The van der Waals surface area contributed by atoms with Crippen molar-refractivity contribution in [3.8, 4) is 0 Å². The minimum Gasteiger partial charge on any atom is -0.550 e.